The normalized spacial score (nSPS) is 16.1. The largest absolute Gasteiger partial charge is 0.456 e. The molecule has 214 valence electrons. The van der Waals surface area contributed by atoms with Gasteiger partial charge in [-0.15, -0.1) is 11.3 Å². The number of rotatable bonds is 1. The van der Waals surface area contributed by atoms with Gasteiger partial charge in [-0.05, 0) is 35.4 Å². The lowest BCUT2D eigenvalue weighted by atomic mass is 9.61. The first-order chi connectivity index (χ1) is 22.8. The second kappa shape index (κ2) is 8.75. The third-order valence-electron chi connectivity index (χ3n) is 10.3. The molecule has 2 nitrogen and oxygen atoms in total. The van der Waals surface area contributed by atoms with Crippen LogP contribution < -0.4 is 4.74 Å². The maximum absolute atomic E-state index is 7.07. The first kappa shape index (κ1) is 24.7. The first-order valence-electron chi connectivity index (χ1n) is 15.8. The minimum Gasteiger partial charge on any atom is -0.456 e. The fourth-order valence-electron chi connectivity index (χ4n) is 8.52. The summed E-state index contributed by atoms with van der Waals surface area (Å²) in [6, 6.07) is 55.5. The van der Waals surface area contributed by atoms with Gasteiger partial charge >= 0.3 is 0 Å². The van der Waals surface area contributed by atoms with Crippen molar-refractivity contribution in [2.24, 2.45) is 0 Å². The predicted octanol–water partition coefficient (Wildman–Crippen LogP) is 11.6. The summed E-state index contributed by atoms with van der Waals surface area (Å²) in [5.74, 6) is 1.84. The molecule has 0 amide bonds. The van der Waals surface area contributed by atoms with Crippen LogP contribution in [0, 0.1) is 0 Å². The highest BCUT2D eigenvalue weighted by Gasteiger charge is 2.50. The molecule has 0 fully saturated rings. The number of hydrogen-bond donors (Lipinski definition) is 0. The van der Waals surface area contributed by atoms with Crippen LogP contribution in [0.2, 0.25) is 0 Å². The Bertz CT molecular complexity index is 2750. The van der Waals surface area contributed by atoms with Gasteiger partial charge in [0.25, 0.3) is 0 Å². The third kappa shape index (κ3) is 2.88. The monoisotopic (exact) mass is 603 g/mol. The van der Waals surface area contributed by atoms with E-state index in [4.69, 9.17) is 4.74 Å². The molecule has 9 aromatic rings. The molecule has 3 heteroatoms. The zero-order valence-corrected chi connectivity index (χ0v) is 25.5. The molecule has 11 rings (SSSR count). The molecule has 2 aliphatic rings. The van der Waals surface area contributed by atoms with E-state index < -0.39 is 5.41 Å². The van der Waals surface area contributed by atoms with E-state index in [1.54, 1.807) is 0 Å². The maximum atomic E-state index is 7.07. The summed E-state index contributed by atoms with van der Waals surface area (Å²) in [7, 11) is 0. The average Bonchev–Trinajstić information content (AvgIpc) is 3.67. The molecule has 0 saturated heterocycles. The van der Waals surface area contributed by atoms with Crippen molar-refractivity contribution in [1.29, 1.82) is 0 Å². The average molecular weight is 604 g/mol. The van der Waals surface area contributed by atoms with Crippen LogP contribution >= 0.6 is 11.3 Å². The van der Waals surface area contributed by atoms with Gasteiger partial charge in [0.15, 0.2) is 0 Å². The first-order valence-corrected chi connectivity index (χ1v) is 16.6. The van der Waals surface area contributed by atoms with Crippen molar-refractivity contribution in [2.45, 2.75) is 5.41 Å². The van der Waals surface area contributed by atoms with E-state index in [1.165, 1.54) is 75.5 Å². The molecule has 4 heterocycles. The van der Waals surface area contributed by atoms with Crippen LogP contribution in [0.3, 0.4) is 0 Å². The van der Waals surface area contributed by atoms with E-state index in [0.717, 1.165) is 17.1 Å². The van der Waals surface area contributed by atoms with Gasteiger partial charge in [-0.1, -0.05) is 127 Å². The van der Waals surface area contributed by atoms with E-state index in [-0.39, 0.29) is 0 Å². The van der Waals surface area contributed by atoms with E-state index in [0.29, 0.717) is 0 Å². The molecule has 1 spiro atoms. The van der Waals surface area contributed by atoms with Crippen molar-refractivity contribution in [3.63, 3.8) is 0 Å². The fourth-order valence-corrected chi connectivity index (χ4v) is 9.75. The highest BCUT2D eigenvalue weighted by atomic mass is 32.1. The quantitative estimate of drug-likeness (QED) is 0.182. The SMILES string of the molecule is c1ccc2c(c1)Oc1c(-c3cccc4c3sc3ccccc34)cccc1C21c2ccccc2-n2c3ccccc3c3cccc1c32. The number of benzene rings is 7. The Morgan fingerprint density at radius 3 is 2.09 bits per heavy atom. The number of ether oxygens (including phenoxy) is 1. The van der Waals surface area contributed by atoms with Crippen LogP contribution in [-0.4, -0.2) is 4.57 Å². The molecule has 0 bridgehead atoms. The van der Waals surface area contributed by atoms with Crippen LogP contribution in [0.1, 0.15) is 22.3 Å². The zero-order valence-electron chi connectivity index (χ0n) is 24.7. The molecule has 0 radical (unpaired) electrons. The van der Waals surface area contributed by atoms with Crippen molar-refractivity contribution in [3.05, 3.63) is 174 Å². The van der Waals surface area contributed by atoms with Crippen molar-refractivity contribution in [3.8, 4) is 28.3 Å². The molecule has 0 saturated carbocycles. The lowest BCUT2D eigenvalue weighted by Gasteiger charge is -2.45. The summed E-state index contributed by atoms with van der Waals surface area (Å²) in [6.07, 6.45) is 0. The molecule has 1 atom stereocenters. The van der Waals surface area contributed by atoms with Crippen LogP contribution in [0.4, 0.5) is 0 Å². The standard InChI is InChI=1S/C43H25NOS/c1-5-22-36-26(12-1)28-14-10-20-34-40(28)44(36)37-23-6-3-18-32(37)43(34)33-19-4-7-24-38(33)45-41-29(15-11-21-35(41)43)31-17-9-16-30-27-13-2-8-25-39(27)46-42(30)31/h1-25H. The molecule has 0 aliphatic carbocycles. The van der Waals surface area contributed by atoms with Crippen molar-refractivity contribution < 1.29 is 4.74 Å². The Kier molecular flexibility index (Phi) is 4.69. The Morgan fingerprint density at radius 2 is 1.13 bits per heavy atom. The van der Waals surface area contributed by atoms with Crippen LogP contribution in [0.15, 0.2) is 152 Å². The van der Waals surface area contributed by atoms with Gasteiger partial charge in [-0.3, -0.25) is 0 Å². The highest BCUT2D eigenvalue weighted by Crippen LogP contribution is 2.62. The van der Waals surface area contributed by atoms with Crippen molar-refractivity contribution >= 4 is 53.3 Å². The minimum absolute atomic E-state index is 0.575. The van der Waals surface area contributed by atoms with Crippen LogP contribution in [0.5, 0.6) is 11.5 Å². The van der Waals surface area contributed by atoms with E-state index in [1.807, 2.05) is 11.3 Å². The summed E-state index contributed by atoms with van der Waals surface area (Å²) in [6.45, 7) is 0. The number of thiophene rings is 1. The van der Waals surface area contributed by atoms with Gasteiger partial charge < -0.3 is 9.30 Å². The van der Waals surface area contributed by atoms with E-state index in [2.05, 4.69) is 156 Å². The van der Waals surface area contributed by atoms with Gasteiger partial charge in [0, 0.05) is 53.2 Å². The summed E-state index contributed by atoms with van der Waals surface area (Å²) in [4.78, 5) is 0. The summed E-state index contributed by atoms with van der Waals surface area (Å²) < 4.78 is 12.2. The Morgan fingerprint density at radius 1 is 0.478 bits per heavy atom. The number of fused-ring (bicyclic) bond motifs is 14. The topological polar surface area (TPSA) is 14.2 Å². The Labute approximate surface area is 269 Å². The second-order valence-electron chi connectivity index (χ2n) is 12.4. The van der Waals surface area contributed by atoms with Crippen molar-refractivity contribution in [1.82, 2.24) is 4.57 Å². The number of aromatic nitrogens is 1. The van der Waals surface area contributed by atoms with Gasteiger partial charge in [-0.2, -0.15) is 0 Å². The van der Waals surface area contributed by atoms with Crippen LogP contribution in [-0.2, 0) is 5.41 Å². The molecule has 2 aliphatic heterocycles. The maximum Gasteiger partial charge on any atom is 0.140 e. The number of para-hydroxylation sites is 5. The zero-order chi connectivity index (χ0) is 30.0. The lowest BCUT2D eigenvalue weighted by Crippen LogP contribution is -2.37. The molecule has 7 aromatic carbocycles. The Balaban J connectivity index is 1.32. The smallest absolute Gasteiger partial charge is 0.140 e. The van der Waals surface area contributed by atoms with Gasteiger partial charge in [0.1, 0.15) is 11.5 Å². The third-order valence-corrected chi connectivity index (χ3v) is 11.5. The van der Waals surface area contributed by atoms with E-state index >= 15 is 0 Å². The molecule has 0 N–H and O–H groups in total. The second-order valence-corrected chi connectivity index (χ2v) is 13.4. The molecular weight excluding hydrogens is 579 g/mol. The number of nitrogens with zero attached hydrogens (tertiary/aromatic N) is 1. The highest BCUT2D eigenvalue weighted by molar-refractivity contribution is 7.26. The fraction of sp³-hybridized carbons (Fsp3) is 0.0233. The van der Waals surface area contributed by atoms with Crippen molar-refractivity contribution in [2.75, 3.05) is 0 Å². The lowest BCUT2D eigenvalue weighted by molar-refractivity contribution is 0.435. The van der Waals surface area contributed by atoms with Gasteiger partial charge in [0.05, 0.1) is 22.1 Å². The molecular formula is C43H25NOS. The predicted molar refractivity (Wildman–Crippen MR) is 191 cm³/mol. The minimum atomic E-state index is -0.575. The number of hydrogen-bond acceptors (Lipinski definition) is 2. The summed E-state index contributed by atoms with van der Waals surface area (Å²) >= 11 is 1.86. The molecule has 46 heavy (non-hydrogen) atoms. The van der Waals surface area contributed by atoms with Crippen LogP contribution in [0.25, 0.3) is 58.8 Å². The van der Waals surface area contributed by atoms with Gasteiger partial charge in [-0.25, -0.2) is 0 Å². The molecule has 2 aromatic heterocycles. The summed E-state index contributed by atoms with van der Waals surface area (Å²) in [5.41, 5.74) is 10.4. The Hall–Kier alpha value is -5.64. The molecule has 1 unspecified atom stereocenters. The van der Waals surface area contributed by atoms with E-state index in [9.17, 15) is 0 Å². The summed E-state index contributed by atoms with van der Waals surface area (Å²) in [5, 5.41) is 5.15. The van der Waals surface area contributed by atoms with Gasteiger partial charge in [0.2, 0.25) is 0 Å².